The van der Waals surface area contributed by atoms with Gasteiger partial charge in [0.1, 0.15) is 29.4 Å². The van der Waals surface area contributed by atoms with Crippen LogP contribution in [0.3, 0.4) is 0 Å². The molecule has 0 bridgehead atoms. The van der Waals surface area contributed by atoms with Gasteiger partial charge in [0, 0.05) is 37.1 Å². The van der Waals surface area contributed by atoms with Crippen molar-refractivity contribution in [2.75, 3.05) is 17.2 Å². The molecule has 0 radical (unpaired) electrons. The number of hydrogen-bond acceptors (Lipinski definition) is 8. The Labute approximate surface area is 224 Å². The molecular weight excluding hydrogens is 502 g/mol. The zero-order valence-electron chi connectivity index (χ0n) is 22.1. The third-order valence-corrected chi connectivity index (χ3v) is 6.90. The lowest BCUT2D eigenvalue weighted by molar-refractivity contribution is 0.0593. The molecule has 0 saturated heterocycles. The molecule has 3 aromatic heterocycles. The van der Waals surface area contributed by atoms with Crippen molar-refractivity contribution in [2.24, 2.45) is 12.5 Å². The molecule has 1 atom stereocenters. The smallest absolute Gasteiger partial charge is 0.263 e. The average molecular weight is 531 g/mol. The van der Waals surface area contributed by atoms with Crippen LogP contribution in [0.25, 0.3) is 10.9 Å². The van der Waals surface area contributed by atoms with E-state index in [0.29, 0.717) is 58.5 Å². The molecule has 3 heterocycles. The molecule has 1 aliphatic rings. The highest BCUT2D eigenvalue weighted by molar-refractivity contribution is 5.99. The van der Waals surface area contributed by atoms with Crippen molar-refractivity contribution in [3.8, 4) is 12.1 Å². The summed E-state index contributed by atoms with van der Waals surface area (Å²) in [7, 11) is 1.77. The van der Waals surface area contributed by atoms with Gasteiger partial charge in [0.2, 0.25) is 0 Å². The van der Waals surface area contributed by atoms with E-state index in [2.05, 4.69) is 63.9 Å². The number of aryl methyl sites for hydroxylation is 1. The van der Waals surface area contributed by atoms with Gasteiger partial charge in [-0.1, -0.05) is 26.0 Å². The van der Waals surface area contributed by atoms with Crippen LogP contribution in [0.5, 0.6) is 0 Å². The first kappa shape index (κ1) is 26.0. The number of rotatable bonds is 8. The quantitative estimate of drug-likeness (QED) is 0.334. The summed E-state index contributed by atoms with van der Waals surface area (Å²) >= 11 is 0. The van der Waals surface area contributed by atoms with Crippen LogP contribution in [0.1, 0.15) is 62.2 Å². The molecule has 5 rings (SSSR count). The van der Waals surface area contributed by atoms with Gasteiger partial charge in [-0.2, -0.15) is 15.6 Å². The topological polar surface area (TPSA) is 133 Å². The summed E-state index contributed by atoms with van der Waals surface area (Å²) < 4.78 is 30.4. The Balaban J connectivity index is 1.60. The number of nitrogens with one attached hydrogen (secondary N) is 2. The second-order valence-corrected chi connectivity index (χ2v) is 11.1. The summed E-state index contributed by atoms with van der Waals surface area (Å²) in [5.41, 5.74) is 2.07. The molecule has 4 aromatic rings. The minimum atomic E-state index is -2.55. The Bertz CT molecular complexity index is 1610. The van der Waals surface area contributed by atoms with E-state index in [1.165, 1.54) is 10.9 Å². The Kier molecular flexibility index (Phi) is 6.43. The summed E-state index contributed by atoms with van der Waals surface area (Å²) in [6.07, 6.45) is 2.78. The fourth-order valence-corrected chi connectivity index (χ4v) is 4.54. The Morgan fingerprint density at radius 1 is 1.15 bits per heavy atom. The Morgan fingerprint density at radius 3 is 2.49 bits per heavy atom. The van der Waals surface area contributed by atoms with Crippen molar-refractivity contribution < 1.29 is 8.78 Å². The molecule has 0 spiro atoms. The largest absolute Gasteiger partial charge is 0.383 e. The third-order valence-electron chi connectivity index (χ3n) is 6.90. The normalized spacial score (nSPS) is 15.1. The van der Waals surface area contributed by atoms with Crippen molar-refractivity contribution in [1.29, 1.82) is 10.5 Å². The van der Waals surface area contributed by atoms with Gasteiger partial charge in [0.25, 0.3) is 6.43 Å². The van der Waals surface area contributed by atoms with Gasteiger partial charge in [-0.3, -0.25) is 9.67 Å². The second kappa shape index (κ2) is 9.62. The molecular formula is C27H28F2N10. The van der Waals surface area contributed by atoms with Gasteiger partial charge in [-0.15, -0.1) is 5.10 Å². The number of anilines is 2. The molecule has 0 amide bonds. The molecule has 1 aromatic carbocycles. The number of hydrogen-bond donors (Lipinski definition) is 2. The van der Waals surface area contributed by atoms with E-state index < -0.39 is 18.0 Å². The fourth-order valence-electron chi connectivity index (χ4n) is 4.54. The van der Waals surface area contributed by atoms with Crippen LogP contribution in [-0.2, 0) is 12.6 Å². The number of aromatic nitrogens is 6. The minimum Gasteiger partial charge on any atom is -0.383 e. The maximum absolute atomic E-state index is 13.7. The number of nitriles is 2. The van der Waals surface area contributed by atoms with Crippen LogP contribution < -0.4 is 10.6 Å². The number of fused-ring (bicyclic) bond motifs is 1. The summed E-state index contributed by atoms with van der Waals surface area (Å²) in [6, 6.07) is 9.08. The summed E-state index contributed by atoms with van der Waals surface area (Å²) in [6.45, 7) is 6.82. The van der Waals surface area contributed by atoms with Crippen LogP contribution in [0.2, 0.25) is 0 Å². The first-order valence-electron chi connectivity index (χ1n) is 12.5. The standard InChI is InChI=1S/C27H28F2N10/c1-26(2,3)15-33-23-17(12-31)13-32-22-16(11-30)9-18(10-19(22)23)35-24(21-5-8-34-38(21)4)20-14-39(37-36-20)27(6-7-27)25(28)29/h5,8-10,13-14,24-25,35H,6-7,15H2,1-4H3,(H,32,33). The second-order valence-electron chi connectivity index (χ2n) is 11.1. The third kappa shape index (κ3) is 4.86. The lowest BCUT2D eigenvalue weighted by Crippen LogP contribution is -2.26. The van der Waals surface area contributed by atoms with E-state index in [-0.39, 0.29) is 5.41 Å². The van der Waals surface area contributed by atoms with Crippen molar-refractivity contribution in [3.63, 3.8) is 0 Å². The van der Waals surface area contributed by atoms with Crippen molar-refractivity contribution >= 4 is 22.3 Å². The Hall–Kier alpha value is -4.58. The SMILES string of the molecule is Cn1nccc1C(Nc1cc(C#N)c2ncc(C#N)c(NCC(C)(C)C)c2c1)c1cn(C2(C(F)F)CC2)nn1. The number of halogens is 2. The maximum atomic E-state index is 13.7. The minimum absolute atomic E-state index is 0.0656. The van der Waals surface area contributed by atoms with Crippen LogP contribution >= 0.6 is 0 Å². The highest BCUT2D eigenvalue weighted by Gasteiger charge is 2.54. The summed E-state index contributed by atoms with van der Waals surface area (Å²) in [4.78, 5) is 4.40. The monoisotopic (exact) mass is 530 g/mol. The molecule has 1 fully saturated rings. The van der Waals surface area contributed by atoms with Crippen LogP contribution in [0.4, 0.5) is 20.2 Å². The fraction of sp³-hybridized carbons (Fsp3) is 0.407. The average Bonchev–Trinajstić information content (AvgIpc) is 3.37. The van der Waals surface area contributed by atoms with Crippen LogP contribution in [0, 0.1) is 28.1 Å². The first-order valence-corrected chi connectivity index (χ1v) is 12.5. The van der Waals surface area contributed by atoms with Crippen LogP contribution in [-0.4, -0.2) is 42.7 Å². The molecule has 1 saturated carbocycles. The molecule has 1 aliphatic carbocycles. The van der Waals surface area contributed by atoms with E-state index >= 15 is 0 Å². The zero-order chi connectivity index (χ0) is 27.9. The van der Waals surface area contributed by atoms with Crippen LogP contribution in [0.15, 0.2) is 36.8 Å². The van der Waals surface area contributed by atoms with Gasteiger partial charge < -0.3 is 10.6 Å². The lowest BCUT2D eigenvalue weighted by atomic mass is 9.96. The highest BCUT2D eigenvalue weighted by atomic mass is 19.3. The highest BCUT2D eigenvalue weighted by Crippen LogP contribution is 2.48. The van der Waals surface area contributed by atoms with E-state index in [4.69, 9.17) is 0 Å². The number of benzene rings is 1. The van der Waals surface area contributed by atoms with Gasteiger partial charge in [0.15, 0.2) is 0 Å². The van der Waals surface area contributed by atoms with Gasteiger partial charge >= 0.3 is 0 Å². The molecule has 1 unspecified atom stereocenters. The molecule has 2 N–H and O–H groups in total. The number of nitrogens with zero attached hydrogens (tertiary/aromatic N) is 8. The molecule has 200 valence electrons. The molecule has 0 aliphatic heterocycles. The lowest BCUT2D eigenvalue weighted by Gasteiger charge is -2.22. The Morgan fingerprint density at radius 2 is 1.90 bits per heavy atom. The molecule has 12 heteroatoms. The van der Waals surface area contributed by atoms with Crippen molar-refractivity contribution in [3.05, 3.63) is 59.3 Å². The predicted molar refractivity (Wildman–Crippen MR) is 141 cm³/mol. The molecule has 10 nitrogen and oxygen atoms in total. The zero-order valence-corrected chi connectivity index (χ0v) is 22.1. The first-order chi connectivity index (χ1) is 18.6. The number of alkyl halides is 2. The van der Waals surface area contributed by atoms with Crippen molar-refractivity contribution in [2.45, 2.75) is 51.6 Å². The predicted octanol–water partition coefficient (Wildman–Crippen LogP) is 4.72. The van der Waals surface area contributed by atoms with Gasteiger partial charge in [-0.05, 0) is 36.5 Å². The van der Waals surface area contributed by atoms with E-state index in [1.807, 2.05) is 6.07 Å². The van der Waals surface area contributed by atoms with Crippen molar-refractivity contribution in [1.82, 2.24) is 29.8 Å². The van der Waals surface area contributed by atoms with Gasteiger partial charge in [-0.25, -0.2) is 13.5 Å². The summed E-state index contributed by atoms with van der Waals surface area (Å²) in [5, 5.41) is 39.7. The van der Waals surface area contributed by atoms with E-state index in [9.17, 15) is 19.3 Å². The summed E-state index contributed by atoms with van der Waals surface area (Å²) in [5.74, 6) is 0. The van der Waals surface area contributed by atoms with E-state index in [1.54, 1.807) is 36.3 Å². The maximum Gasteiger partial charge on any atom is 0.263 e. The van der Waals surface area contributed by atoms with Gasteiger partial charge in [0.05, 0.1) is 34.2 Å². The van der Waals surface area contributed by atoms with E-state index in [0.717, 1.165) is 5.69 Å². The molecule has 39 heavy (non-hydrogen) atoms. The number of pyridine rings is 1.